The number of amides is 3. The molecule has 1 fully saturated rings. The number of primary amides is 1. The Bertz CT molecular complexity index is 1370. The number of methoxy groups -OCH3 is 1. The summed E-state index contributed by atoms with van der Waals surface area (Å²) >= 11 is 6.20. The number of benzene rings is 3. The van der Waals surface area contributed by atoms with Crippen LogP contribution in [-0.4, -0.2) is 48.5 Å². The lowest BCUT2D eigenvalue weighted by Crippen LogP contribution is -2.44. The molecule has 1 heterocycles. The highest BCUT2D eigenvalue weighted by molar-refractivity contribution is 6.33. The van der Waals surface area contributed by atoms with Gasteiger partial charge >= 0.3 is 0 Å². The summed E-state index contributed by atoms with van der Waals surface area (Å²) in [7, 11) is 1.40. The predicted octanol–water partition coefficient (Wildman–Crippen LogP) is 4.37. The molecule has 3 N–H and O–H groups in total. The normalized spacial score (nSPS) is 16.9. The maximum Gasteiger partial charge on any atom is 0.248 e. The van der Waals surface area contributed by atoms with Crippen LogP contribution in [0.1, 0.15) is 22.3 Å². The highest BCUT2D eigenvalue weighted by atomic mass is 35.5. The van der Waals surface area contributed by atoms with Crippen LogP contribution in [0, 0.1) is 5.82 Å². The van der Waals surface area contributed by atoms with Gasteiger partial charge in [-0.25, -0.2) is 8.78 Å². The third-order valence-electron chi connectivity index (χ3n) is 6.14. The number of hydrogen-bond donors (Lipinski definition) is 2. The van der Waals surface area contributed by atoms with E-state index in [4.69, 9.17) is 22.1 Å². The molecule has 0 unspecified atom stereocenters. The Balaban J connectivity index is 1.54. The first kappa shape index (κ1) is 26.1. The minimum atomic E-state index is -1.43. The number of anilines is 1. The smallest absolute Gasteiger partial charge is 0.248 e. The minimum Gasteiger partial charge on any atom is -0.497 e. The molecule has 37 heavy (non-hydrogen) atoms. The number of carbonyl (C=O) groups excluding carboxylic acids is 3. The number of nitrogens with two attached hydrogens (primary N) is 1. The van der Waals surface area contributed by atoms with Gasteiger partial charge in [0.2, 0.25) is 17.7 Å². The number of carbonyl (C=O) groups is 3. The van der Waals surface area contributed by atoms with Crippen LogP contribution in [0.5, 0.6) is 5.75 Å². The predicted molar refractivity (Wildman–Crippen MR) is 136 cm³/mol. The zero-order valence-corrected chi connectivity index (χ0v) is 20.6. The summed E-state index contributed by atoms with van der Waals surface area (Å²) in [4.78, 5) is 38.9. The van der Waals surface area contributed by atoms with Gasteiger partial charge in [0, 0.05) is 28.1 Å². The lowest BCUT2D eigenvalue weighted by Gasteiger charge is -2.24. The maximum atomic E-state index is 15.3. The van der Waals surface area contributed by atoms with E-state index >= 15 is 4.39 Å². The summed E-state index contributed by atoms with van der Waals surface area (Å²) in [5.74, 6) is -2.32. The van der Waals surface area contributed by atoms with Crippen LogP contribution < -0.4 is 15.8 Å². The molecule has 10 heteroatoms. The molecule has 3 aromatic rings. The number of hydrogen-bond acceptors (Lipinski definition) is 4. The summed E-state index contributed by atoms with van der Waals surface area (Å²) in [6.45, 7) is -0.286. The van der Waals surface area contributed by atoms with Gasteiger partial charge in [0.05, 0.1) is 25.8 Å². The fraction of sp³-hybridized carbons (Fsp3) is 0.222. The van der Waals surface area contributed by atoms with Crippen LogP contribution in [-0.2, 0) is 16.0 Å². The summed E-state index contributed by atoms with van der Waals surface area (Å²) in [5, 5.41) is 2.84. The number of alkyl halides is 1. The van der Waals surface area contributed by atoms with Gasteiger partial charge in [-0.15, -0.1) is 0 Å². The van der Waals surface area contributed by atoms with Gasteiger partial charge in [0.25, 0.3) is 0 Å². The Kier molecular flexibility index (Phi) is 7.73. The average molecular weight is 528 g/mol. The number of ether oxygens (including phenoxy) is 1. The van der Waals surface area contributed by atoms with E-state index in [0.717, 1.165) is 4.90 Å². The van der Waals surface area contributed by atoms with Gasteiger partial charge in [-0.3, -0.25) is 14.4 Å². The van der Waals surface area contributed by atoms with Crippen LogP contribution in [0.4, 0.5) is 14.5 Å². The highest BCUT2D eigenvalue weighted by Crippen LogP contribution is 2.33. The highest BCUT2D eigenvalue weighted by Gasteiger charge is 2.40. The molecule has 3 amide bonds. The molecule has 0 aromatic heterocycles. The molecule has 0 aliphatic carbocycles. The van der Waals surface area contributed by atoms with Gasteiger partial charge in [-0.05, 0) is 35.9 Å². The zero-order chi connectivity index (χ0) is 26.7. The van der Waals surface area contributed by atoms with E-state index in [0.29, 0.717) is 21.9 Å². The first-order valence-electron chi connectivity index (χ1n) is 11.4. The Hall–Kier alpha value is -3.98. The van der Waals surface area contributed by atoms with Crippen molar-refractivity contribution in [3.8, 4) is 16.9 Å². The van der Waals surface area contributed by atoms with Crippen molar-refractivity contribution in [2.75, 3.05) is 19.0 Å². The zero-order valence-electron chi connectivity index (χ0n) is 19.8. The molecular weight excluding hydrogens is 504 g/mol. The molecule has 1 aliphatic rings. The number of likely N-dealkylation sites (tertiary alicyclic amines) is 1. The van der Waals surface area contributed by atoms with E-state index < -0.39 is 35.8 Å². The number of nitrogens with zero attached hydrogens (tertiary/aromatic N) is 1. The van der Waals surface area contributed by atoms with Gasteiger partial charge in [0.15, 0.2) is 5.82 Å². The Labute approximate surface area is 217 Å². The standard InChI is InChI=1S/C27H24ClF2N3O4/c1-37-18-10-15(9-16(12-18)26(31)35)11-24(34)33-14-17(29)13-23(33)27(36)32-22-8-4-6-20(25(22)30)19-5-2-3-7-21(19)28/h2-10,12,17,23H,11,13-14H2,1H3,(H2,31,35)(H,32,36)/t17-,23+/m1/s1. The van der Waals surface area contributed by atoms with Gasteiger partial charge in [-0.2, -0.15) is 0 Å². The molecule has 4 rings (SSSR count). The summed E-state index contributed by atoms with van der Waals surface area (Å²) < 4.78 is 34.8. The van der Waals surface area contributed by atoms with Crippen molar-refractivity contribution in [1.29, 1.82) is 0 Å². The molecular formula is C27H24ClF2N3O4. The van der Waals surface area contributed by atoms with E-state index in [9.17, 15) is 18.8 Å². The van der Waals surface area contributed by atoms with Gasteiger partial charge in [-0.1, -0.05) is 41.9 Å². The molecule has 0 radical (unpaired) electrons. The molecule has 192 valence electrons. The Morgan fingerprint density at radius 1 is 1.11 bits per heavy atom. The van der Waals surface area contributed by atoms with Gasteiger partial charge in [0.1, 0.15) is 18.0 Å². The average Bonchev–Trinajstić information content (AvgIpc) is 3.27. The second kappa shape index (κ2) is 11.0. The maximum absolute atomic E-state index is 15.3. The van der Waals surface area contributed by atoms with E-state index in [2.05, 4.69) is 5.32 Å². The van der Waals surface area contributed by atoms with Crippen LogP contribution >= 0.6 is 11.6 Å². The van der Waals surface area contributed by atoms with Gasteiger partial charge < -0.3 is 20.7 Å². The summed E-state index contributed by atoms with van der Waals surface area (Å²) in [6.07, 6.45) is -1.87. The summed E-state index contributed by atoms with van der Waals surface area (Å²) in [6, 6.07) is 14.5. The Morgan fingerprint density at radius 2 is 1.84 bits per heavy atom. The molecule has 1 saturated heterocycles. The molecule has 0 bridgehead atoms. The third-order valence-corrected chi connectivity index (χ3v) is 6.47. The van der Waals surface area contributed by atoms with Crippen LogP contribution in [0.3, 0.4) is 0 Å². The van der Waals surface area contributed by atoms with Crippen LogP contribution in [0.15, 0.2) is 60.7 Å². The lowest BCUT2D eigenvalue weighted by molar-refractivity contribution is -0.136. The van der Waals surface area contributed by atoms with Crippen molar-refractivity contribution in [1.82, 2.24) is 4.90 Å². The summed E-state index contributed by atoms with van der Waals surface area (Å²) in [5.41, 5.74) is 6.44. The molecule has 0 saturated carbocycles. The first-order chi connectivity index (χ1) is 17.7. The number of nitrogens with one attached hydrogen (secondary N) is 1. The van der Waals surface area contributed by atoms with Crippen LogP contribution in [0.2, 0.25) is 5.02 Å². The minimum absolute atomic E-state index is 0.115. The fourth-order valence-corrected chi connectivity index (χ4v) is 4.58. The lowest BCUT2D eigenvalue weighted by atomic mass is 10.0. The van der Waals surface area contributed by atoms with Crippen molar-refractivity contribution in [2.24, 2.45) is 5.73 Å². The number of rotatable bonds is 7. The SMILES string of the molecule is COc1cc(CC(=O)N2C[C@H](F)C[C@H]2C(=O)Nc2cccc(-c3ccccc3Cl)c2F)cc(C(N)=O)c1. The molecule has 0 spiro atoms. The fourth-order valence-electron chi connectivity index (χ4n) is 4.34. The molecule has 3 aromatic carbocycles. The van der Waals surface area contributed by atoms with Crippen LogP contribution in [0.25, 0.3) is 11.1 Å². The van der Waals surface area contributed by atoms with E-state index in [1.807, 2.05) is 0 Å². The molecule has 2 atom stereocenters. The van der Waals surface area contributed by atoms with Crippen molar-refractivity contribution >= 4 is 35.0 Å². The van der Waals surface area contributed by atoms with E-state index in [1.54, 1.807) is 36.4 Å². The molecule has 7 nitrogen and oxygen atoms in total. The van der Waals surface area contributed by atoms with Crippen molar-refractivity contribution < 1.29 is 27.9 Å². The van der Waals surface area contributed by atoms with Crippen molar-refractivity contribution in [2.45, 2.75) is 25.1 Å². The third kappa shape index (κ3) is 5.72. The Morgan fingerprint density at radius 3 is 2.54 bits per heavy atom. The quantitative estimate of drug-likeness (QED) is 0.476. The second-order valence-electron chi connectivity index (χ2n) is 8.64. The number of halogens is 3. The first-order valence-corrected chi connectivity index (χ1v) is 11.8. The monoisotopic (exact) mass is 527 g/mol. The van der Waals surface area contributed by atoms with E-state index in [1.165, 1.54) is 31.4 Å². The second-order valence-corrected chi connectivity index (χ2v) is 9.05. The van der Waals surface area contributed by atoms with Crippen molar-refractivity contribution in [3.05, 3.63) is 82.6 Å². The van der Waals surface area contributed by atoms with Crippen molar-refractivity contribution in [3.63, 3.8) is 0 Å². The largest absolute Gasteiger partial charge is 0.497 e. The topological polar surface area (TPSA) is 102 Å². The van der Waals surface area contributed by atoms with E-state index in [-0.39, 0.29) is 36.2 Å². The molecule has 1 aliphatic heterocycles.